The van der Waals surface area contributed by atoms with Gasteiger partial charge in [-0.15, -0.1) is 5.10 Å². The maximum Gasteiger partial charge on any atom is 0.113 e. The second-order valence-corrected chi connectivity index (χ2v) is 2.58. The lowest BCUT2D eigenvalue weighted by Crippen LogP contribution is -1.85. The van der Waals surface area contributed by atoms with Crippen LogP contribution >= 0.6 is 0 Å². The van der Waals surface area contributed by atoms with Crippen molar-refractivity contribution in [3.05, 3.63) is 30.8 Å². The second kappa shape index (κ2) is 2.05. The summed E-state index contributed by atoms with van der Waals surface area (Å²) in [5.74, 6) is 0. The van der Waals surface area contributed by atoms with Crippen molar-refractivity contribution in [3.63, 3.8) is 0 Å². The molecule has 0 unspecified atom stereocenters. The minimum atomic E-state index is 0.903. The lowest BCUT2D eigenvalue weighted by molar-refractivity contribution is 0.820. The molecule has 0 fully saturated rings. The van der Waals surface area contributed by atoms with Gasteiger partial charge in [0.05, 0.1) is 12.6 Å². The Kier molecular flexibility index (Phi) is 1.18. The molecule has 0 aliphatic rings. The number of fused-ring (bicyclic) bond motifs is 1. The molecule has 3 heteroatoms. The van der Waals surface area contributed by atoms with Crippen LogP contribution < -0.4 is 0 Å². The first-order chi connectivity index (χ1) is 5.27. The van der Waals surface area contributed by atoms with Gasteiger partial charge in [0.15, 0.2) is 0 Å². The molecule has 3 nitrogen and oxygen atoms in total. The Morgan fingerprint density at radius 2 is 2.27 bits per heavy atom. The SMILES string of the molecule is [CH2]n1nnc2cc(C)ccc21. The maximum atomic E-state index is 3.93. The zero-order chi connectivity index (χ0) is 7.84. The topological polar surface area (TPSA) is 30.7 Å². The van der Waals surface area contributed by atoms with Gasteiger partial charge < -0.3 is 0 Å². The van der Waals surface area contributed by atoms with Crippen molar-refractivity contribution in [1.82, 2.24) is 15.0 Å². The molecule has 1 aromatic heterocycles. The summed E-state index contributed by atoms with van der Waals surface area (Å²) in [5.41, 5.74) is 3.06. The largest absolute Gasteiger partial charge is 0.243 e. The highest BCUT2D eigenvalue weighted by Gasteiger charge is 1.98. The number of rotatable bonds is 0. The average Bonchev–Trinajstić information content (AvgIpc) is 2.32. The molecule has 1 radical (unpaired) electrons. The molecule has 0 bridgehead atoms. The van der Waals surface area contributed by atoms with Crippen LogP contribution in [0.2, 0.25) is 0 Å². The van der Waals surface area contributed by atoms with Crippen molar-refractivity contribution in [3.8, 4) is 0 Å². The Morgan fingerprint density at radius 3 is 3.09 bits per heavy atom. The summed E-state index contributed by atoms with van der Waals surface area (Å²) >= 11 is 0. The van der Waals surface area contributed by atoms with Gasteiger partial charge in [-0.3, -0.25) is 0 Å². The van der Waals surface area contributed by atoms with E-state index in [0.29, 0.717) is 0 Å². The molecule has 0 spiro atoms. The van der Waals surface area contributed by atoms with Crippen molar-refractivity contribution in [2.75, 3.05) is 0 Å². The van der Waals surface area contributed by atoms with E-state index in [0.717, 1.165) is 11.0 Å². The second-order valence-electron chi connectivity index (χ2n) is 2.58. The molecule has 0 aliphatic carbocycles. The number of aromatic nitrogens is 3. The maximum absolute atomic E-state index is 3.93. The predicted molar refractivity (Wildman–Crippen MR) is 43.0 cm³/mol. The van der Waals surface area contributed by atoms with Gasteiger partial charge in [0.25, 0.3) is 0 Å². The van der Waals surface area contributed by atoms with Crippen LogP contribution in [0.25, 0.3) is 11.0 Å². The van der Waals surface area contributed by atoms with Crippen LogP contribution in [0.5, 0.6) is 0 Å². The normalized spacial score (nSPS) is 10.7. The quantitative estimate of drug-likeness (QED) is 0.562. The third kappa shape index (κ3) is 0.888. The molecule has 0 amide bonds. The van der Waals surface area contributed by atoms with E-state index in [1.54, 1.807) is 0 Å². The Balaban J connectivity index is 2.86. The van der Waals surface area contributed by atoms with Gasteiger partial charge in [0, 0.05) is 0 Å². The summed E-state index contributed by atoms with van der Waals surface area (Å²) in [7, 11) is 3.68. The zero-order valence-corrected chi connectivity index (χ0v) is 6.28. The van der Waals surface area contributed by atoms with Crippen LogP contribution in [0.1, 0.15) is 5.56 Å². The Labute approximate surface area is 64.6 Å². The fourth-order valence-corrected chi connectivity index (χ4v) is 1.08. The molecule has 1 aromatic carbocycles. The Morgan fingerprint density at radius 1 is 1.45 bits per heavy atom. The first-order valence-electron chi connectivity index (χ1n) is 3.40. The van der Waals surface area contributed by atoms with E-state index in [9.17, 15) is 0 Å². The third-order valence-electron chi connectivity index (χ3n) is 1.67. The molecule has 0 saturated carbocycles. The van der Waals surface area contributed by atoms with Gasteiger partial charge >= 0.3 is 0 Å². The molecule has 2 aromatic rings. The van der Waals surface area contributed by atoms with Crippen molar-refractivity contribution in [2.24, 2.45) is 0 Å². The van der Waals surface area contributed by atoms with E-state index >= 15 is 0 Å². The third-order valence-corrected chi connectivity index (χ3v) is 1.67. The molecule has 55 valence electrons. The van der Waals surface area contributed by atoms with E-state index in [-0.39, 0.29) is 0 Å². The molecule has 0 aliphatic heterocycles. The first-order valence-corrected chi connectivity index (χ1v) is 3.40. The van der Waals surface area contributed by atoms with Crippen LogP contribution in [0.15, 0.2) is 18.2 Å². The highest BCUT2D eigenvalue weighted by molar-refractivity contribution is 5.75. The number of hydrogen-bond donors (Lipinski definition) is 0. The summed E-state index contributed by atoms with van der Waals surface area (Å²) in [6.07, 6.45) is 0. The fourth-order valence-electron chi connectivity index (χ4n) is 1.08. The van der Waals surface area contributed by atoms with E-state index in [4.69, 9.17) is 0 Å². The average molecular weight is 146 g/mol. The summed E-state index contributed by atoms with van der Waals surface area (Å²) in [5, 5.41) is 7.72. The number of benzene rings is 1. The van der Waals surface area contributed by atoms with Crippen LogP contribution in [0, 0.1) is 14.0 Å². The first kappa shape index (κ1) is 6.34. The highest BCUT2D eigenvalue weighted by atomic mass is 15.4. The van der Waals surface area contributed by atoms with Gasteiger partial charge in [-0.2, -0.15) is 0 Å². The fraction of sp³-hybridized carbons (Fsp3) is 0.125. The van der Waals surface area contributed by atoms with Crippen molar-refractivity contribution in [1.29, 1.82) is 0 Å². The van der Waals surface area contributed by atoms with Gasteiger partial charge in [-0.05, 0) is 24.6 Å². The minimum absolute atomic E-state index is 0.903. The molecule has 0 saturated heterocycles. The van der Waals surface area contributed by atoms with Crippen LogP contribution in [-0.4, -0.2) is 15.0 Å². The number of hydrogen-bond acceptors (Lipinski definition) is 2. The molecule has 2 rings (SSSR count). The molecule has 1 heterocycles. The van der Waals surface area contributed by atoms with Gasteiger partial charge in [0.2, 0.25) is 0 Å². The van der Waals surface area contributed by atoms with E-state index in [1.165, 1.54) is 10.2 Å². The van der Waals surface area contributed by atoms with Crippen molar-refractivity contribution >= 4 is 11.0 Å². The Hall–Kier alpha value is -1.38. The van der Waals surface area contributed by atoms with Crippen LogP contribution in [-0.2, 0) is 0 Å². The molecular formula is C8H8N3. The lowest BCUT2D eigenvalue weighted by Gasteiger charge is -1.91. The van der Waals surface area contributed by atoms with Crippen molar-refractivity contribution in [2.45, 2.75) is 6.92 Å². The van der Waals surface area contributed by atoms with Crippen LogP contribution in [0.4, 0.5) is 0 Å². The van der Waals surface area contributed by atoms with E-state index in [2.05, 4.69) is 17.4 Å². The van der Waals surface area contributed by atoms with E-state index in [1.807, 2.05) is 25.1 Å². The number of nitrogens with zero attached hydrogens (tertiary/aromatic N) is 3. The monoisotopic (exact) mass is 146 g/mol. The zero-order valence-electron chi connectivity index (χ0n) is 6.28. The highest BCUT2D eigenvalue weighted by Crippen LogP contribution is 2.11. The standard InChI is InChI=1S/C8H8N3/c1-6-3-4-8-7(5-6)9-10-11(8)2/h3-5H,2H2,1H3. The predicted octanol–water partition coefficient (Wildman–Crippen LogP) is 1.38. The van der Waals surface area contributed by atoms with Gasteiger partial charge in [-0.25, -0.2) is 4.68 Å². The van der Waals surface area contributed by atoms with Gasteiger partial charge in [0.1, 0.15) is 5.52 Å². The van der Waals surface area contributed by atoms with E-state index < -0.39 is 0 Å². The molecular weight excluding hydrogens is 138 g/mol. The van der Waals surface area contributed by atoms with Crippen LogP contribution in [0.3, 0.4) is 0 Å². The van der Waals surface area contributed by atoms with Crippen molar-refractivity contribution < 1.29 is 0 Å². The number of aryl methyl sites for hydroxylation is 1. The smallest absolute Gasteiger partial charge is 0.113 e. The summed E-state index contributed by atoms with van der Waals surface area (Å²) in [6, 6.07) is 5.98. The molecule has 11 heavy (non-hydrogen) atoms. The summed E-state index contributed by atoms with van der Waals surface area (Å²) < 4.78 is 1.52. The molecule has 0 N–H and O–H groups in total. The Bertz CT molecular complexity index is 389. The lowest BCUT2D eigenvalue weighted by atomic mass is 10.2. The summed E-state index contributed by atoms with van der Waals surface area (Å²) in [4.78, 5) is 0. The van der Waals surface area contributed by atoms with Gasteiger partial charge in [-0.1, -0.05) is 11.3 Å². The summed E-state index contributed by atoms with van der Waals surface area (Å²) in [6.45, 7) is 2.03. The molecule has 0 atom stereocenters. The minimum Gasteiger partial charge on any atom is -0.243 e.